The lowest BCUT2D eigenvalue weighted by Gasteiger charge is -2.37. The van der Waals surface area contributed by atoms with Gasteiger partial charge >= 0.3 is 0 Å². The molecule has 1 aliphatic carbocycles. The molecule has 3 N–H and O–H groups in total. The van der Waals surface area contributed by atoms with Crippen LogP contribution in [-0.4, -0.2) is 43.0 Å². The van der Waals surface area contributed by atoms with Crippen LogP contribution in [0.15, 0.2) is 0 Å². The summed E-state index contributed by atoms with van der Waals surface area (Å²) in [5.41, 5.74) is 5.80. The maximum atomic E-state index is 11.5. The molecule has 0 unspecified atom stereocenters. The average molecular weight is 213 g/mol. The van der Waals surface area contributed by atoms with E-state index in [-0.39, 0.29) is 11.4 Å². The van der Waals surface area contributed by atoms with E-state index in [4.69, 9.17) is 5.73 Å². The third-order valence-electron chi connectivity index (χ3n) is 3.22. The van der Waals surface area contributed by atoms with Gasteiger partial charge in [0.15, 0.2) is 0 Å². The highest BCUT2D eigenvalue weighted by Crippen LogP contribution is 2.31. The number of nitrogens with one attached hydrogen (secondary N) is 1. The summed E-state index contributed by atoms with van der Waals surface area (Å²) in [6.45, 7) is 4.74. The molecule has 0 bridgehead atoms. The van der Waals surface area contributed by atoms with Gasteiger partial charge in [-0.05, 0) is 32.9 Å². The second-order valence-corrected chi connectivity index (χ2v) is 4.64. The summed E-state index contributed by atoms with van der Waals surface area (Å²) in [5, 5.41) is 2.91. The minimum Gasteiger partial charge on any atom is -0.355 e. The van der Waals surface area contributed by atoms with Crippen LogP contribution in [0.25, 0.3) is 0 Å². The molecule has 0 aliphatic heterocycles. The Morgan fingerprint density at radius 2 is 2.20 bits per heavy atom. The lowest BCUT2D eigenvalue weighted by molar-refractivity contribution is -0.123. The number of hydrogen-bond acceptors (Lipinski definition) is 3. The molecule has 1 aliphatic rings. The van der Waals surface area contributed by atoms with E-state index in [9.17, 15) is 4.79 Å². The first-order valence-corrected chi connectivity index (χ1v) is 5.80. The zero-order valence-corrected chi connectivity index (χ0v) is 9.88. The fraction of sp³-hybridized carbons (Fsp3) is 0.909. The van der Waals surface area contributed by atoms with Crippen LogP contribution in [0.3, 0.4) is 0 Å². The van der Waals surface area contributed by atoms with E-state index >= 15 is 0 Å². The maximum Gasteiger partial charge on any atom is 0.221 e. The van der Waals surface area contributed by atoms with Crippen molar-refractivity contribution in [3.8, 4) is 0 Å². The quantitative estimate of drug-likeness (QED) is 0.668. The Morgan fingerprint density at radius 1 is 1.53 bits per heavy atom. The number of nitrogens with zero attached hydrogens (tertiary/aromatic N) is 1. The highest BCUT2D eigenvalue weighted by Gasteiger charge is 2.34. The molecule has 88 valence electrons. The van der Waals surface area contributed by atoms with E-state index in [1.165, 1.54) is 6.42 Å². The van der Waals surface area contributed by atoms with Crippen LogP contribution in [0, 0.1) is 0 Å². The van der Waals surface area contributed by atoms with Crippen LogP contribution in [-0.2, 0) is 4.79 Å². The van der Waals surface area contributed by atoms with Crippen LogP contribution < -0.4 is 11.1 Å². The van der Waals surface area contributed by atoms with E-state index in [0.29, 0.717) is 6.42 Å². The van der Waals surface area contributed by atoms with Crippen molar-refractivity contribution in [1.82, 2.24) is 10.2 Å². The highest BCUT2D eigenvalue weighted by atomic mass is 16.1. The molecule has 0 aromatic rings. The van der Waals surface area contributed by atoms with Crippen LogP contribution >= 0.6 is 0 Å². The van der Waals surface area contributed by atoms with E-state index in [0.717, 1.165) is 32.5 Å². The van der Waals surface area contributed by atoms with Gasteiger partial charge in [0.25, 0.3) is 0 Å². The summed E-state index contributed by atoms with van der Waals surface area (Å²) in [5.74, 6) is 0.0988. The summed E-state index contributed by atoms with van der Waals surface area (Å²) < 4.78 is 0. The van der Waals surface area contributed by atoms with Gasteiger partial charge in [-0.1, -0.05) is 6.92 Å². The predicted molar refractivity (Wildman–Crippen MR) is 61.6 cm³/mol. The largest absolute Gasteiger partial charge is 0.355 e. The topological polar surface area (TPSA) is 58.4 Å². The van der Waals surface area contributed by atoms with Gasteiger partial charge < -0.3 is 16.0 Å². The zero-order valence-electron chi connectivity index (χ0n) is 9.88. The van der Waals surface area contributed by atoms with Crippen molar-refractivity contribution in [3.63, 3.8) is 0 Å². The Hall–Kier alpha value is -0.610. The monoisotopic (exact) mass is 213 g/mol. The van der Waals surface area contributed by atoms with Gasteiger partial charge in [-0.3, -0.25) is 4.79 Å². The predicted octanol–water partition coefficient (Wildman–Crippen LogP) is 0.326. The third kappa shape index (κ3) is 4.18. The smallest absolute Gasteiger partial charge is 0.221 e. The molecule has 0 aromatic carbocycles. The number of rotatable bonds is 6. The first kappa shape index (κ1) is 12.5. The van der Waals surface area contributed by atoms with Crippen molar-refractivity contribution in [2.75, 3.05) is 26.7 Å². The lowest BCUT2D eigenvalue weighted by atomic mass is 9.75. The fourth-order valence-corrected chi connectivity index (χ4v) is 1.73. The zero-order chi connectivity index (χ0) is 11.3. The Morgan fingerprint density at radius 3 is 2.67 bits per heavy atom. The molecule has 4 heteroatoms. The molecule has 1 amide bonds. The summed E-state index contributed by atoms with van der Waals surface area (Å²) in [6.07, 6.45) is 3.65. The van der Waals surface area contributed by atoms with Gasteiger partial charge in [0, 0.05) is 25.0 Å². The van der Waals surface area contributed by atoms with E-state index in [1.807, 2.05) is 7.05 Å². The molecule has 1 fully saturated rings. The molecule has 0 spiro atoms. The molecule has 15 heavy (non-hydrogen) atoms. The van der Waals surface area contributed by atoms with Crippen molar-refractivity contribution >= 4 is 5.91 Å². The van der Waals surface area contributed by atoms with Crippen LogP contribution in [0.1, 0.15) is 32.6 Å². The van der Waals surface area contributed by atoms with Crippen LogP contribution in [0.5, 0.6) is 0 Å². The van der Waals surface area contributed by atoms with E-state index in [2.05, 4.69) is 17.1 Å². The van der Waals surface area contributed by atoms with Crippen molar-refractivity contribution in [3.05, 3.63) is 0 Å². The first-order valence-electron chi connectivity index (χ1n) is 5.80. The van der Waals surface area contributed by atoms with E-state index < -0.39 is 0 Å². The molecule has 1 rings (SSSR count). The second kappa shape index (κ2) is 5.47. The standard InChI is InChI=1S/C11H23N3O/c1-3-14(2)8-7-13-10(15)9-11(12)5-4-6-11/h3-9,12H2,1-2H3,(H,13,15). The number of carbonyl (C=O) groups is 1. The summed E-state index contributed by atoms with van der Waals surface area (Å²) >= 11 is 0. The molecule has 0 atom stereocenters. The lowest BCUT2D eigenvalue weighted by Crippen LogP contribution is -2.50. The van der Waals surface area contributed by atoms with Crippen LogP contribution in [0.2, 0.25) is 0 Å². The number of hydrogen-bond donors (Lipinski definition) is 2. The Balaban J connectivity index is 2.08. The van der Waals surface area contributed by atoms with Gasteiger partial charge in [-0.25, -0.2) is 0 Å². The molecular formula is C11H23N3O. The number of amides is 1. The van der Waals surface area contributed by atoms with Gasteiger partial charge in [0.2, 0.25) is 5.91 Å². The third-order valence-corrected chi connectivity index (χ3v) is 3.22. The van der Waals surface area contributed by atoms with Gasteiger partial charge in [-0.15, -0.1) is 0 Å². The van der Waals surface area contributed by atoms with Crippen molar-refractivity contribution in [2.45, 2.75) is 38.1 Å². The summed E-state index contributed by atoms with van der Waals surface area (Å²) in [7, 11) is 2.04. The SMILES string of the molecule is CCN(C)CCNC(=O)CC1(N)CCC1. The van der Waals surface area contributed by atoms with Crippen LogP contribution in [0.4, 0.5) is 0 Å². The highest BCUT2D eigenvalue weighted by molar-refractivity contribution is 5.77. The molecule has 1 saturated carbocycles. The molecule has 0 heterocycles. The van der Waals surface area contributed by atoms with Gasteiger partial charge in [-0.2, -0.15) is 0 Å². The van der Waals surface area contributed by atoms with Crippen molar-refractivity contribution < 1.29 is 4.79 Å². The Labute approximate surface area is 92.2 Å². The average Bonchev–Trinajstić information content (AvgIpc) is 2.15. The molecule has 0 aromatic heterocycles. The molecule has 0 saturated heterocycles. The number of nitrogens with two attached hydrogens (primary N) is 1. The molecule has 4 nitrogen and oxygen atoms in total. The minimum absolute atomic E-state index is 0.0988. The number of carbonyl (C=O) groups excluding carboxylic acids is 1. The van der Waals surface area contributed by atoms with Gasteiger partial charge in [0.05, 0.1) is 0 Å². The second-order valence-electron chi connectivity index (χ2n) is 4.64. The minimum atomic E-state index is -0.194. The van der Waals surface area contributed by atoms with Crippen molar-refractivity contribution in [1.29, 1.82) is 0 Å². The molecule has 0 radical (unpaired) electrons. The van der Waals surface area contributed by atoms with E-state index in [1.54, 1.807) is 0 Å². The molecular weight excluding hydrogens is 190 g/mol. The first-order chi connectivity index (χ1) is 7.06. The Bertz CT molecular complexity index is 214. The van der Waals surface area contributed by atoms with Crippen molar-refractivity contribution in [2.24, 2.45) is 5.73 Å². The summed E-state index contributed by atoms with van der Waals surface area (Å²) in [6, 6.07) is 0. The normalized spacial score (nSPS) is 18.7. The fourth-order valence-electron chi connectivity index (χ4n) is 1.73. The summed E-state index contributed by atoms with van der Waals surface area (Å²) in [4.78, 5) is 13.7. The van der Waals surface area contributed by atoms with Gasteiger partial charge in [0.1, 0.15) is 0 Å². The maximum absolute atomic E-state index is 11.5. The Kier molecular flexibility index (Phi) is 4.54. The number of likely N-dealkylation sites (N-methyl/N-ethyl adjacent to an activating group) is 1.